The fraction of sp³-hybridized carbons (Fsp3) is 0.636. The van der Waals surface area contributed by atoms with E-state index in [0.717, 1.165) is 0 Å². The molecule has 1 aromatic heterocycles. The van der Waals surface area contributed by atoms with Gasteiger partial charge in [0, 0.05) is 18.3 Å². The van der Waals surface area contributed by atoms with Crippen LogP contribution in [0.15, 0.2) is 12.5 Å². The van der Waals surface area contributed by atoms with Crippen LogP contribution in [0, 0.1) is 11.8 Å². The third-order valence-corrected chi connectivity index (χ3v) is 5.49. The average molecular weight is 496 g/mol. The van der Waals surface area contributed by atoms with Crippen molar-refractivity contribution < 1.29 is 29.1 Å². The van der Waals surface area contributed by atoms with Crippen molar-refractivity contribution in [1.29, 1.82) is 0 Å². The fourth-order valence-corrected chi connectivity index (χ4v) is 3.34. The first-order valence-electron chi connectivity index (χ1n) is 11.5. The topological polar surface area (TPSA) is 222 Å². The quantitative estimate of drug-likeness (QED) is 0.156. The van der Waals surface area contributed by atoms with Gasteiger partial charge in [-0.2, -0.15) is 0 Å². The molecule has 13 heteroatoms. The average Bonchev–Trinajstić information content (AvgIpc) is 3.27. The number of carbonyl (C=O) groups is 5. The van der Waals surface area contributed by atoms with Crippen LogP contribution in [-0.2, 0) is 30.4 Å². The van der Waals surface area contributed by atoms with Crippen LogP contribution in [0.2, 0.25) is 0 Å². The van der Waals surface area contributed by atoms with Crippen LogP contribution < -0.4 is 27.4 Å². The number of H-pyrrole nitrogens is 1. The Morgan fingerprint density at radius 3 is 2.11 bits per heavy atom. The van der Waals surface area contributed by atoms with Gasteiger partial charge in [0.1, 0.15) is 18.1 Å². The largest absolute Gasteiger partial charge is 0.480 e. The van der Waals surface area contributed by atoms with E-state index in [1.807, 2.05) is 13.8 Å². The first-order valence-corrected chi connectivity index (χ1v) is 11.5. The number of carboxylic acid groups (broad SMARTS) is 1. The van der Waals surface area contributed by atoms with Crippen molar-refractivity contribution in [2.24, 2.45) is 23.3 Å². The first-order chi connectivity index (χ1) is 16.3. The Balaban J connectivity index is 3.08. The minimum absolute atomic E-state index is 0.00149. The number of aliphatic carboxylic acids is 1. The summed E-state index contributed by atoms with van der Waals surface area (Å²) in [6, 6.07) is -4.69. The maximum atomic E-state index is 13.1. The first kappa shape index (κ1) is 29.6. The summed E-state index contributed by atoms with van der Waals surface area (Å²) in [6.07, 6.45) is 3.17. The van der Waals surface area contributed by atoms with Gasteiger partial charge in [-0.15, -0.1) is 0 Å². The molecule has 4 amide bonds. The van der Waals surface area contributed by atoms with Gasteiger partial charge in [-0.05, 0) is 18.3 Å². The maximum absolute atomic E-state index is 13.1. The summed E-state index contributed by atoms with van der Waals surface area (Å²) in [6.45, 7) is 7.22. The number of rotatable bonds is 15. The summed E-state index contributed by atoms with van der Waals surface area (Å²) < 4.78 is 0. The number of nitrogens with one attached hydrogen (secondary N) is 4. The molecule has 13 nitrogen and oxygen atoms in total. The lowest BCUT2D eigenvalue weighted by Gasteiger charge is -2.26. The summed E-state index contributed by atoms with van der Waals surface area (Å²) >= 11 is 0. The summed E-state index contributed by atoms with van der Waals surface area (Å²) in [7, 11) is 0. The number of amides is 4. The van der Waals surface area contributed by atoms with Crippen LogP contribution in [0.5, 0.6) is 0 Å². The van der Waals surface area contributed by atoms with Gasteiger partial charge in [-0.25, -0.2) is 9.78 Å². The Hall–Kier alpha value is -3.48. The van der Waals surface area contributed by atoms with Crippen molar-refractivity contribution in [3.8, 4) is 0 Å². The Morgan fingerprint density at radius 2 is 1.63 bits per heavy atom. The van der Waals surface area contributed by atoms with Crippen LogP contribution in [0.3, 0.4) is 0 Å². The minimum Gasteiger partial charge on any atom is -0.480 e. The fourth-order valence-electron chi connectivity index (χ4n) is 3.34. The van der Waals surface area contributed by atoms with Crippen LogP contribution in [-0.4, -0.2) is 68.8 Å². The van der Waals surface area contributed by atoms with Crippen molar-refractivity contribution in [2.75, 3.05) is 0 Å². The lowest BCUT2D eigenvalue weighted by Crippen LogP contribution is -2.58. The standard InChI is InChI=1S/C22H37N7O6/c1-5-12(4)18(22(34)35)29-21(33)16(8-17(24)30)28-20(32)15(7-13-9-25-10-26-13)27-19(31)14(23)6-11(2)3/h9-12,14-16,18H,5-8,23H2,1-4H3,(H2,24,30)(H,25,26)(H,27,31)(H,28,32)(H,29,33)(H,34,35). The van der Waals surface area contributed by atoms with Crippen LogP contribution in [0.25, 0.3) is 0 Å². The monoisotopic (exact) mass is 495 g/mol. The molecule has 0 aliphatic carbocycles. The Labute approximate surface area is 204 Å². The lowest BCUT2D eigenvalue weighted by molar-refractivity contribution is -0.144. The van der Waals surface area contributed by atoms with Crippen molar-refractivity contribution in [3.63, 3.8) is 0 Å². The third kappa shape index (κ3) is 10.1. The predicted molar refractivity (Wildman–Crippen MR) is 126 cm³/mol. The van der Waals surface area contributed by atoms with Gasteiger partial charge in [-0.3, -0.25) is 19.2 Å². The van der Waals surface area contributed by atoms with Gasteiger partial charge in [0.15, 0.2) is 0 Å². The van der Waals surface area contributed by atoms with Gasteiger partial charge in [-0.1, -0.05) is 34.1 Å². The Kier molecular flexibility index (Phi) is 11.9. The normalized spacial score (nSPS) is 15.4. The van der Waals surface area contributed by atoms with Gasteiger partial charge >= 0.3 is 5.97 Å². The van der Waals surface area contributed by atoms with Crippen molar-refractivity contribution >= 4 is 29.6 Å². The SMILES string of the molecule is CCC(C)C(NC(=O)C(CC(N)=O)NC(=O)C(Cc1cnc[nH]1)NC(=O)C(N)CC(C)C)C(=O)O. The summed E-state index contributed by atoms with van der Waals surface area (Å²) in [5, 5.41) is 16.8. The van der Waals surface area contributed by atoms with E-state index in [-0.39, 0.29) is 12.3 Å². The molecule has 0 spiro atoms. The predicted octanol–water partition coefficient (Wildman–Crippen LogP) is -1.21. The molecule has 0 bridgehead atoms. The Bertz CT molecular complexity index is 874. The number of carboxylic acids is 1. The molecule has 0 saturated carbocycles. The molecule has 1 rings (SSSR count). The van der Waals surface area contributed by atoms with Gasteiger partial charge < -0.3 is 37.5 Å². The molecular formula is C22H37N7O6. The van der Waals surface area contributed by atoms with Gasteiger partial charge in [0.05, 0.1) is 18.8 Å². The molecule has 0 radical (unpaired) electrons. The van der Waals surface area contributed by atoms with Crippen LogP contribution >= 0.6 is 0 Å². The highest BCUT2D eigenvalue weighted by molar-refractivity contribution is 5.96. The zero-order chi connectivity index (χ0) is 26.7. The van der Waals surface area contributed by atoms with E-state index in [1.54, 1.807) is 13.8 Å². The molecule has 35 heavy (non-hydrogen) atoms. The van der Waals surface area contributed by atoms with Crippen molar-refractivity contribution in [1.82, 2.24) is 25.9 Å². The van der Waals surface area contributed by atoms with E-state index < -0.39 is 66.1 Å². The highest BCUT2D eigenvalue weighted by Crippen LogP contribution is 2.09. The van der Waals surface area contributed by atoms with E-state index in [0.29, 0.717) is 18.5 Å². The van der Waals surface area contributed by atoms with E-state index in [9.17, 15) is 29.1 Å². The van der Waals surface area contributed by atoms with Gasteiger partial charge in [0.2, 0.25) is 23.6 Å². The van der Waals surface area contributed by atoms with Crippen LogP contribution in [0.4, 0.5) is 0 Å². The molecular weight excluding hydrogens is 458 g/mol. The summed E-state index contributed by atoms with van der Waals surface area (Å²) in [4.78, 5) is 68.4. The second kappa shape index (κ2) is 14.0. The zero-order valence-electron chi connectivity index (χ0n) is 20.5. The molecule has 1 aromatic rings. The number of aromatic amines is 1. The number of hydrogen-bond donors (Lipinski definition) is 7. The second-order valence-corrected chi connectivity index (χ2v) is 9.02. The number of hydrogen-bond acceptors (Lipinski definition) is 7. The summed E-state index contributed by atoms with van der Waals surface area (Å²) in [5.41, 5.74) is 11.7. The molecule has 0 aliphatic rings. The van der Waals surface area contributed by atoms with Crippen LogP contribution in [0.1, 0.15) is 52.7 Å². The highest BCUT2D eigenvalue weighted by Gasteiger charge is 2.33. The van der Waals surface area contributed by atoms with Gasteiger partial charge in [0.25, 0.3) is 0 Å². The zero-order valence-corrected chi connectivity index (χ0v) is 20.5. The number of carbonyl (C=O) groups excluding carboxylic acids is 4. The van der Waals surface area contributed by atoms with E-state index in [4.69, 9.17) is 11.5 Å². The summed E-state index contributed by atoms with van der Waals surface area (Å²) in [5.74, 6) is -4.61. The molecule has 5 unspecified atom stereocenters. The molecule has 0 saturated heterocycles. The molecule has 1 heterocycles. The second-order valence-electron chi connectivity index (χ2n) is 9.02. The number of imidazole rings is 1. The van der Waals surface area contributed by atoms with Crippen molar-refractivity contribution in [2.45, 2.75) is 77.5 Å². The molecule has 196 valence electrons. The maximum Gasteiger partial charge on any atom is 0.326 e. The minimum atomic E-state index is -1.45. The highest BCUT2D eigenvalue weighted by atomic mass is 16.4. The third-order valence-electron chi connectivity index (χ3n) is 5.49. The molecule has 5 atom stereocenters. The molecule has 0 fully saturated rings. The molecule has 9 N–H and O–H groups in total. The lowest BCUT2D eigenvalue weighted by atomic mass is 9.98. The molecule has 0 aliphatic heterocycles. The van der Waals surface area contributed by atoms with E-state index in [2.05, 4.69) is 25.9 Å². The number of primary amides is 1. The molecule has 0 aromatic carbocycles. The van der Waals surface area contributed by atoms with E-state index in [1.165, 1.54) is 12.5 Å². The Morgan fingerprint density at radius 1 is 1.03 bits per heavy atom. The number of aromatic nitrogens is 2. The number of nitrogens with zero attached hydrogens (tertiary/aromatic N) is 1. The smallest absolute Gasteiger partial charge is 0.326 e. The van der Waals surface area contributed by atoms with Crippen molar-refractivity contribution in [3.05, 3.63) is 18.2 Å². The number of nitrogens with two attached hydrogens (primary N) is 2. The van der Waals surface area contributed by atoms with E-state index >= 15 is 0 Å².